The van der Waals surface area contributed by atoms with Gasteiger partial charge in [0.05, 0.1) is 5.56 Å². The summed E-state index contributed by atoms with van der Waals surface area (Å²) in [5.41, 5.74) is 1.23. The first-order valence-corrected chi connectivity index (χ1v) is 5.80. The van der Waals surface area contributed by atoms with Crippen molar-refractivity contribution in [1.82, 2.24) is 0 Å². The molecule has 4 nitrogen and oxygen atoms in total. The Labute approximate surface area is 109 Å². The molecular formula is C15H12O4. The highest BCUT2D eigenvalue weighted by Crippen LogP contribution is 2.40. The molecule has 0 saturated carbocycles. The molecule has 2 aromatic rings. The largest absolute Gasteiger partial charge is 0.507 e. The van der Waals surface area contributed by atoms with E-state index in [0.717, 1.165) is 0 Å². The molecule has 0 fully saturated rings. The summed E-state index contributed by atoms with van der Waals surface area (Å²) in [7, 11) is 0. The van der Waals surface area contributed by atoms with E-state index in [1.807, 2.05) is 0 Å². The Balaban J connectivity index is 2.02. The second-order valence-electron chi connectivity index (χ2n) is 4.21. The molecule has 1 aromatic heterocycles. The van der Waals surface area contributed by atoms with Crippen LogP contribution in [-0.2, 0) is 6.61 Å². The number of rotatable bonds is 2. The van der Waals surface area contributed by atoms with Gasteiger partial charge in [0.1, 0.15) is 23.9 Å². The van der Waals surface area contributed by atoms with Gasteiger partial charge < -0.3 is 19.4 Å². The summed E-state index contributed by atoms with van der Waals surface area (Å²) in [4.78, 5) is 0. The van der Waals surface area contributed by atoms with Gasteiger partial charge in [0, 0.05) is 0 Å². The fourth-order valence-corrected chi connectivity index (χ4v) is 2.02. The number of phenols is 1. The maximum Gasteiger partial charge on any atom is 0.170 e. The molecule has 1 aromatic carbocycles. The summed E-state index contributed by atoms with van der Waals surface area (Å²) in [6.45, 7) is 3.75. The van der Waals surface area contributed by atoms with E-state index < -0.39 is 0 Å². The SMILES string of the molecule is C=C1C=C(c2ccc(CO)o2)Oc2cccc(O)c21. The minimum absolute atomic E-state index is 0.133. The van der Waals surface area contributed by atoms with E-state index in [-0.39, 0.29) is 12.4 Å². The van der Waals surface area contributed by atoms with Crippen LogP contribution in [0.2, 0.25) is 0 Å². The Morgan fingerprint density at radius 2 is 2.00 bits per heavy atom. The quantitative estimate of drug-likeness (QED) is 0.867. The number of aliphatic hydroxyl groups excluding tert-OH is 1. The third-order valence-electron chi connectivity index (χ3n) is 2.91. The number of furan rings is 1. The van der Waals surface area contributed by atoms with Gasteiger partial charge in [-0.2, -0.15) is 0 Å². The first kappa shape index (κ1) is 11.6. The lowest BCUT2D eigenvalue weighted by Gasteiger charge is -2.19. The van der Waals surface area contributed by atoms with Crippen molar-refractivity contribution in [3.05, 3.63) is 60.1 Å². The van der Waals surface area contributed by atoms with Gasteiger partial charge in [0.2, 0.25) is 0 Å². The van der Waals surface area contributed by atoms with Gasteiger partial charge in [0.25, 0.3) is 0 Å². The minimum atomic E-state index is -0.161. The number of benzene rings is 1. The Morgan fingerprint density at radius 3 is 2.74 bits per heavy atom. The molecule has 96 valence electrons. The van der Waals surface area contributed by atoms with Crippen LogP contribution in [0.5, 0.6) is 11.5 Å². The molecule has 4 heteroatoms. The summed E-state index contributed by atoms with van der Waals surface area (Å²) in [5.74, 6) is 2.14. The lowest BCUT2D eigenvalue weighted by atomic mass is 10.0. The molecule has 2 heterocycles. The molecule has 0 atom stereocenters. The van der Waals surface area contributed by atoms with Crippen molar-refractivity contribution in [2.45, 2.75) is 6.61 Å². The lowest BCUT2D eigenvalue weighted by molar-refractivity contribution is 0.245. The van der Waals surface area contributed by atoms with Crippen LogP contribution >= 0.6 is 0 Å². The van der Waals surface area contributed by atoms with Crippen molar-refractivity contribution in [3.63, 3.8) is 0 Å². The lowest BCUT2D eigenvalue weighted by Crippen LogP contribution is -2.02. The van der Waals surface area contributed by atoms with Gasteiger partial charge in [-0.1, -0.05) is 12.6 Å². The zero-order valence-corrected chi connectivity index (χ0v) is 10.1. The van der Waals surface area contributed by atoms with Crippen molar-refractivity contribution < 1.29 is 19.4 Å². The number of allylic oxidation sites excluding steroid dienone is 2. The molecule has 2 N–H and O–H groups in total. The number of hydrogen-bond donors (Lipinski definition) is 2. The molecule has 0 bridgehead atoms. The third-order valence-corrected chi connectivity index (χ3v) is 2.91. The number of ether oxygens (including phenoxy) is 1. The Hall–Kier alpha value is -2.46. The maximum atomic E-state index is 9.80. The van der Waals surface area contributed by atoms with Gasteiger partial charge in [-0.25, -0.2) is 0 Å². The maximum absolute atomic E-state index is 9.80. The second-order valence-corrected chi connectivity index (χ2v) is 4.21. The van der Waals surface area contributed by atoms with Crippen LogP contribution in [0, 0.1) is 0 Å². The van der Waals surface area contributed by atoms with Gasteiger partial charge in [0.15, 0.2) is 11.5 Å². The zero-order valence-electron chi connectivity index (χ0n) is 10.1. The summed E-state index contributed by atoms with van der Waals surface area (Å²) in [5, 5.41) is 18.8. The van der Waals surface area contributed by atoms with Crippen LogP contribution < -0.4 is 4.74 Å². The predicted molar refractivity (Wildman–Crippen MR) is 70.4 cm³/mol. The molecule has 0 radical (unpaired) electrons. The predicted octanol–water partition coefficient (Wildman–Crippen LogP) is 2.92. The highest BCUT2D eigenvalue weighted by Gasteiger charge is 2.21. The normalized spacial score (nSPS) is 13.7. The highest BCUT2D eigenvalue weighted by molar-refractivity contribution is 5.88. The number of phenolic OH excluding ortho intramolecular Hbond substituents is 1. The van der Waals surface area contributed by atoms with Crippen molar-refractivity contribution in [2.24, 2.45) is 0 Å². The van der Waals surface area contributed by atoms with Crippen molar-refractivity contribution >= 4 is 11.3 Å². The number of aliphatic hydroxyl groups is 1. The fourth-order valence-electron chi connectivity index (χ4n) is 2.02. The smallest absolute Gasteiger partial charge is 0.170 e. The molecule has 3 rings (SSSR count). The Bertz CT molecular complexity index is 679. The average Bonchev–Trinajstić information content (AvgIpc) is 2.87. The van der Waals surface area contributed by atoms with E-state index in [1.54, 1.807) is 36.4 Å². The minimum Gasteiger partial charge on any atom is -0.507 e. The first-order chi connectivity index (χ1) is 9.19. The average molecular weight is 256 g/mol. The number of aromatic hydroxyl groups is 1. The van der Waals surface area contributed by atoms with Crippen molar-refractivity contribution in [3.8, 4) is 11.5 Å². The van der Waals surface area contributed by atoms with Crippen LogP contribution in [0.3, 0.4) is 0 Å². The fraction of sp³-hybridized carbons (Fsp3) is 0.0667. The number of fused-ring (bicyclic) bond motifs is 1. The summed E-state index contributed by atoms with van der Waals surface area (Å²) in [6, 6.07) is 8.44. The standard InChI is InChI=1S/C15H12O4/c1-9-7-14(12-6-5-10(8-16)18-12)19-13-4-2-3-11(17)15(9)13/h2-7,16-17H,1,8H2. The van der Waals surface area contributed by atoms with Gasteiger partial charge in [-0.3, -0.25) is 0 Å². The van der Waals surface area contributed by atoms with Crippen LogP contribution in [0.15, 0.2) is 47.4 Å². The second kappa shape index (κ2) is 4.33. The molecule has 1 aliphatic heterocycles. The van der Waals surface area contributed by atoms with Crippen LogP contribution in [-0.4, -0.2) is 10.2 Å². The van der Waals surface area contributed by atoms with Crippen molar-refractivity contribution in [1.29, 1.82) is 0 Å². The van der Waals surface area contributed by atoms with Crippen LogP contribution in [0.4, 0.5) is 0 Å². The summed E-state index contributed by atoms with van der Waals surface area (Å²) >= 11 is 0. The number of hydrogen-bond acceptors (Lipinski definition) is 4. The topological polar surface area (TPSA) is 62.8 Å². The molecule has 0 spiro atoms. The Kier molecular flexibility index (Phi) is 2.65. The molecule has 0 aliphatic carbocycles. The van der Waals surface area contributed by atoms with E-state index in [4.69, 9.17) is 14.3 Å². The molecule has 1 aliphatic rings. The monoisotopic (exact) mass is 256 g/mol. The van der Waals surface area contributed by atoms with Crippen LogP contribution in [0.25, 0.3) is 11.3 Å². The molecule has 19 heavy (non-hydrogen) atoms. The molecular weight excluding hydrogens is 244 g/mol. The van der Waals surface area contributed by atoms with E-state index in [0.29, 0.717) is 34.2 Å². The summed E-state index contributed by atoms with van der Waals surface area (Å²) in [6.07, 6.45) is 1.70. The van der Waals surface area contributed by atoms with E-state index in [2.05, 4.69) is 6.58 Å². The van der Waals surface area contributed by atoms with Crippen molar-refractivity contribution in [2.75, 3.05) is 0 Å². The molecule has 0 saturated heterocycles. The zero-order chi connectivity index (χ0) is 13.4. The van der Waals surface area contributed by atoms with E-state index in [1.165, 1.54) is 0 Å². The summed E-state index contributed by atoms with van der Waals surface area (Å²) < 4.78 is 11.1. The van der Waals surface area contributed by atoms with Crippen LogP contribution in [0.1, 0.15) is 17.1 Å². The van der Waals surface area contributed by atoms with Gasteiger partial charge in [-0.15, -0.1) is 0 Å². The highest BCUT2D eigenvalue weighted by atomic mass is 16.5. The van der Waals surface area contributed by atoms with Gasteiger partial charge in [-0.05, 0) is 35.9 Å². The van der Waals surface area contributed by atoms with E-state index in [9.17, 15) is 5.11 Å². The molecule has 0 amide bonds. The Morgan fingerprint density at radius 1 is 1.16 bits per heavy atom. The third kappa shape index (κ3) is 1.92. The first-order valence-electron chi connectivity index (χ1n) is 5.80. The molecule has 0 unspecified atom stereocenters. The van der Waals surface area contributed by atoms with Gasteiger partial charge >= 0.3 is 0 Å². The van der Waals surface area contributed by atoms with E-state index >= 15 is 0 Å².